The standard InChI is InChI=1S/C18H29N3OS/c1-16(18(22)21-8-4-2-3-5-9-21)20-12-10-19(11-13-20)15-17-7-6-14-23-17/h6-7,14,16H,2-5,8-13,15H2,1H3. The second-order valence-corrected chi connectivity index (χ2v) is 7.84. The fraction of sp³-hybridized carbons (Fsp3) is 0.722. The molecule has 1 aromatic heterocycles. The maximum Gasteiger partial charge on any atom is 0.239 e. The van der Waals surface area contributed by atoms with E-state index in [2.05, 4.69) is 39.1 Å². The van der Waals surface area contributed by atoms with Crippen molar-refractivity contribution in [1.82, 2.24) is 14.7 Å². The lowest BCUT2D eigenvalue weighted by atomic mass is 10.2. The average Bonchev–Trinajstić information content (AvgIpc) is 2.94. The summed E-state index contributed by atoms with van der Waals surface area (Å²) in [5.74, 6) is 0.346. The summed E-state index contributed by atoms with van der Waals surface area (Å²) >= 11 is 1.83. The molecule has 1 unspecified atom stereocenters. The lowest BCUT2D eigenvalue weighted by Crippen LogP contribution is -2.54. The number of piperazine rings is 1. The molecule has 2 aliphatic heterocycles. The van der Waals surface area contributed by atoms with Gasteiger partial charge in [0.25, 0.3) is 0 Å². The van der Waals surface area contributed by atoms with Crippen LogP contribution in [-0.4, -0.2) is 65.9 Å². The Kier molecular flexibility index (Phi) is 6.08. The molecule has 3 heterocycles. The largest absolute Gasteiger partial charge is 0.341 e. The van der Waals surface area contributed by atoms with Gasteiger partial charge in [-0.15, -0.1) is 11.3 Å². The molecule has 2 saturated heterocycles. The van der Waals surface area contributed by atoms with E-state index in [1.54, 1.807) is 0 Å². The Morgan fingerprint density at radius 3 is 2.39 bits per heavy atom. The minimum Gasteiger partial charge on any atom is -0.341 e. The van der Waals surface area contributed by atoms with Crippen molar-refractivity contribution in [1.29, 1.82) is 0 Å². The molecular formula is C18H29N3OS. The molecule has 3 rings (SSSR count). The normalized spacial score (nSPS) is 22.7. The smallest absolute Gasteiger partial charge is 0.239 e. The van der Waals surface area contributed by atoms with Crippen LogP contribution in [0.2, 0.25) is 0 Å². The van der Waals surface area contributed by atoms with Crippen molar-refractivity contribution in [2.75, 3.05) is 39.3 Å². The zero-order chi connectivity index (χ0) is 16.1. The van der Waals surface area contributed by atoms with Gasteiger partial charge in [-0.3, -0.25) is 14.6 Å². The molecule has 0 spiro atoms. The summed E-state index contributed by atoms with van der Waals surface area (Å²) in [5, 5.41) is 2.15. The lowest BCUT2D eigenvalue weighted by molar-refractivity contribution is -0.137. The SMILES string of the molecule is CC(C(=O)N1CCCCCC1)N1CCN(Cc2cccs2)CC1. The third kappa shape index (κ3) is 4.55. The quantitative estimate of drug-likeness (QED) is 0.846. The number of hydrogen-bond acceptors (Lipinski definition) is 4. The van der Waals surface area contributed by atoms with Gasteiger partial charge in [0.2, 0.25) is 5.91 Å². The van der Waals surface area contributed by atoms with E-state index in [1.807, 2.05) is 11.3 Å². The molecular weight excluding hydrogens is 306 g/mol. The van der Waals surface area contributed by atoms with E-state index in [9.17, 15) is 4.79 Å². The molecule has 5 heteroatoms. The van der Waals surface area contributed by atoms with Gasteiger partial charge in [-0.25, -0.2) is 0 Å². The first-order valence-corrected chi connectivity index (χ1v) is 9.89. The zero-order valence-electron chi connectivity index (χ0n) is 14.2. The number of likely N-dealkylation sites (tertiary alicyclic amines) is 1. The molecule has 4 nitrogen and oxygen atoms in total. The maximum atomic E-state index is 12.8. The molecule has 2 aliphatic rings. The number of thiophene rings is 1. The molecule has 2 fully saturated rings. The summed E-state index contributed by atoms with van der Waals surface area (Å²) in [6, 6.07) is 4.37. The van der Waals surface area contributed by atoms with Gasteiger partial charge >= 0.3 is 0 Å². The van der Waals surface area contributed by atoms with Crippen molar-refractivity contribution in [3.8, 4) is 0 Å². The first kappa shape index (κ1) is 16.9. The Morgan fingerprint density at radius 2 is 1.78 bits per heavy atom. The van der Waals surface area contributed by atoms with Crippen LogP contribution in [0.1, 0.15) is 37.5 Å². The molecule has 0 radical (unpaired) electrons. The van der Waals surface area contributed by atoms with Gasteiger partial charge in [0.15, 0.2) is 0 Å². The monoisotopic (exact) mass is 335 g/mol. The number of carbonyl (C=O) groups excluding carboxylic acids is 1. The summed E-state index contributed by atoms with van der Waals surface area (Å²) in [7, 11) is 0. The molecule has 0 N–H and O–H groups in total. The molecule has 0 saturated carbocycles. The van der Waals surface area contributed by atoms with E-state index in [1.165, 1.54) is 30.6 Å². The van der Waals surface area contributed by atoms with Crippen LogP contribution in [0.4, 0.5) is 0 Å². The van der Waals surface area contributed by atoms with Crippen LogP contribution < -0.4 is 0 Å². The molecule has 0 aliphatic carbocycles. The predicted octanol–water partition coefficient (Wildman–Crippen LogP) is 2.66. The van der Waals surface area contributed by atoms with Gasteiger partial charge in [0, 0.05) is 50.7 Å². The fourth-order valence-electron chi connectivity index (χ4n) is 3.64. The van der Waals surface area contributed by atoms with E-state index < -0.39 is 0 Å². The van der Waals surface area contributed by atoms with Crippen molar-refractivity contribution >= 4 is 17.2 Å². The maximum absolute atomic E-state index is 12.8. The van der Waals surface area contributed by atoms with Crippen LogP contribution in [0, 0.1) is 0 Å². The minimum absolute atomic E-state index is 0.0389. The number of hydrogen-bond donors (Lipinski definition) is 0. The molecule has 0 aromatic carbocycles. The van der Waals surface area contributed by atoms with Crippen LogP contribution >= 0.6 is 11.3 Å². The van der Waals surface area contributed by atoms with Gasteiger partial charge in [-0.2, -0.15) is 0 Å². The molecule has 0 bridgehead atoms. The van der Waals surface area contributed by atoms with E-state index in [0.717, 1.165) is 45.8 Å². The summed E-state index contributed by atoms with van der Waals surface area (Å²) in [6.07, 6.45) is 4.90. The van der Waals surface area contributed by atoms with Crippen molar-refractivity contribution < 1.29 is 4.79 Å². The first-order chi connectivity index (χ1) is 11.2. The van der Waals surface area contributed by atoms with E-state index in [4.69, 9.17) is 0 Å². The molecule has 128 valence electrons. The third-order valence-corrected chi connectivity index (χ3v) is 6.05. The second-order valence-electron chi connectivity index (χ2n) is 6.81. The van der Waals surface area contributed by atoms with E-state index in [-0.39, 0.29) is 6.04 Å². The van der Waals surface area contributed by atoms with Crippen LogP contribution in [0.5, 0.6) is 0 Å². The highest BCUT2D eigenvalue weighted by atomic mass is 32.1. The average molecular weight is 336 g/mol. The molecule has 1 aromatic rings. The van der Waals surface area contributed by atoms with Crippen molar-refractivity contribution in [3.05, 3.63) is 22.4 Å². The van der Waals surface area contributed by atoms with Crippen LogP contribution in [0.3, 0.4) is 0 Å². The number of amides is 1. The van der Waals surface area contributed by atoms with E-state index in [0.29, 0.717) is 5.91 Å². The minimum atomic E-state index is 0.0389. The van der Waals surface area contributed by atoms with Crippen LogP contribution in [-0.2, 0) is 11.3 Å². The van der Waals surface area contributed by atoms with Gasteiger partial charge in [-0.1, -0.05) is 18.9 Å². The zero-order valence-corrected chi connectivity index (χ0v) is 15.1. The first-order valence-electron chi connectivity index (χ1n) is 9.01. The van der Waals surface area contributed by atoms with Gasteiger partial charge in [0.05, 0.1) is 6.04 Å². The summed E-state index contributed by atoms with van der Waals surface area (Å²) in [4.78, 5) is 21.2. The number of nitrogens with zero attached hydrogens (tertiary/aromatic N) is 3. The van der Waals surface area contributed by atoms with Crippen molar-refractivity contribution in [2.24, 2.45) is 0 Å². The molecule has 1 atom stereocenters. The Hall–Kier alpha value is -0.910. The summed E-state index contributed by atoms with van der Waals surface area (Å²) < 4.78 is 0. The highest BCUT2D eigenvalue weighted by Gasteiger charge is 2.28. The highest BCUT2D eigenvalue weighted by Crippen LogP contribution is 2.16. The predicted molar refractivity (Wildman–Crippen MR) is 95.7 cm³/mol. The molecule has 1 amide bonds. The fourth-order valence-corrected chi connectivity index (χ4v) is 4.39. The third-order valence-electron chi connectivity index (χ3n) is 5.19. The number of carbonyl (C=O) groups is 1. The second kappa shape index (κ2) is 8.27. The van der Waals surface area contributed by atoms with Gasteiger partial charge in [-0.05, 0) is 31.2 Å². The lowest BCUT2D eigenvalue weighted by Gasteiger charge is -2.38. The molecule has 23 heavy (non-hydrogen) atoms. The Bertz CT molecular complexity index is 474. The highest BCUT2D eigenvalue weighted by molar-refractivity contribution is 7.09. The van der Waals surface area contributed by atoms with Crippen molar-refractivity contribution in [2.45, 2.75) is 45.2 Å². The summed E-state index contributed by atoms with van der Waals surface area (Å²) in [5.41, 5.74) is 0. The van der Waals surface area contributed by atoms with E-state index >= 15 is 0 Å². The Labute approximate surface area is 144 Å². The number of rotatable bonds is 4. The van der Waals surface area contributed by atoms with Crippen molar-refractivity contribution in [3.63, 3.8) is 0 Å². The Balaban J connectivity index is 1.47. The van der Waals surface area contributed by atoms with Gasteiger partial charge in [0.1, 0.15) is 0 Å². The van der Waals surface area contributed by atoms with Crippen LogP contribution in [0.25, 0.3) is 0 Å². The summed E-state index contributed by atoms with van der Waals surface area (Å²) in [6.45, 7) is 9.22. The van der Waals surface area contributed by atoms with Gasteiger partial charge < -0.3 is 4.90 Å². The Morgan fingerprint density at radius 1 is 1.09 bits per heavy atom. The topological polar surface area (TPSA) is 26.8 Å². The van der Waals surface area contributed by atoms with Crippen LogP contribution in [0.15, 0.2) is 17.5 Å².